The maximum atomic E-state index is 5.09. The minimum Gasteiger partial charge on any atom is -0.315 e. The molecule has 7 aromatic rings. The summed E-state index contributed by atoms with van der Waals surface area (Å²) in [5.41, 5.74) is 7.41. The number of hydrogen-bond acceptors (Lipinski definition) is 2. The molecule has 0 aliphatic carbocycles. The van der Waals surface area contributed by atoms with Gasteiger partial charge in [0.15, 0.2) is 0 Å². The minimum absolute atomic E-state index is 0.934. The molecule has 3 nitrogen and oxygen atoms in total. The molecule has 0 N–H and O–H groups in total. The van der Waals surface area contributed by atoms with Gasteiger partial charge in [-0.2, -0.15) is 0 Å². The summed E-state index contributed by atoms with van der Waals surface area (Å²) in [6.07, 6.45) is 2.23. The fourth-order valence-corrected chi connectivity index (χ4v) is 4.88. The number of aromatic nitrogens is 3. The van der Waals surface area contributed by atoms with Crippen molar-refractivity contribution in [2.45, 2.75) is 6.92 Å². The van der Waals surface area contributed by atoms with Gasteiger partial charge < -0.3 is 4.40 Å². The second-order valence-corrected chi connectivity index (χ2v) is 7.98. The van der Waals surface area contributed by atoms with E-state index in [1.54, 1.807) is 0 Å². The van der Waals surface area contributed by atoms with Crippen LogP contribution in [-0.4, -0.2) is 14.4 Å². The number of fused-ring (bicyclic) bond motifs is 5. The van der Waals surface area contributed by atoms with Crippen LogP contribution in [0.3, 0.4) is 0 Å². The predicted octanol–water partition coefficient (Wildman–Crippen LogP) is 6.76. The van der Waals surface area contributed by atoms with E-state index in [4.69, 9.17) is 9.97 Å². The van der Waals surface area contributed by atoms with Crippen LogP contribution in [0.4, 0.5) is 0 Å². The third-order valence-corrected chi connectivity index (χ3v) is 6.24. The van der Waals surface area contributed by atoms with E-state index in [1.165, 1.54) is 38.0 Å². The summed E-state index contributed by atoms with van der Waals surface area (Å²) in [5, 5.41) is 6.18. The molecule has 0 aliphatic rings. The fraction of sp³-hybridized carbons (Fsp3) is 0.0370. The zero-order valence-corrected chi connectivity index (χ0v) is 16.4. The monoisotopic (exact) mass is 383 g/mol. The van der Waals surface area contributed by atoms with E-state index in [9.17, 15) is 0 Å². The van der Waals surface area contributed by atoms with Gasteiger partial charge in [0.05, 0.1) is 33.5 Å². The van der Waals surface area contributed by atoms with Crippen LogP contribution in [0.25, 0.3) is 60.3 Å². The molecule has 0 saturated heterocycles. The number of para-hydroxylation sites is 2. The first kappa shape index (κ1) is 15.9. The van der Waals surface area contributed by atoms with E-state index in [1.807, 2.05) is 0 Å². The molecule has 0 atom stereocenters. The normalized spacial score (nSPS) is 12.2. The second-order valence-electron chi connectivity index (χ2n) is 7.98. The number of aryl methyl sites for hydroxylation is 1. The molecular weight excluding hydrogens is 366 g/mol. The average molecular weight is 383 g/mol. The smallest absolute Gasteiger partial charge is 0.0943 e. The summed E-state index contributed by atoms with van der Waals surface area (Å²) in [7, 11) is 0. The van der Waals surface area contributed by atoms with Crippen molar-refractivity contribution in [2.24, 2.45) is 0 Å². The highest BCUT2D eigenvalue weighted by atomic mass is 14.9. The van der Waals surface area contributed by atoms with Crippen molar-refractivity contribution in [3.63, 3.8) is 0 Å². The molecule has 4 aromatic carbocycles. The van der Waals surface area contributed by atoms with Crippen molar-refractivity contribution >= 4 is 49.0 Å². The molecule has 140 valence electrons. The number of nitrogens with zero attached hydrogens (tertiary/aromatic N) is 3. The van der Waals surface area contributed by atoms with E-state index in [0.717, 1.165) is 28.0 Å². The van der Waals surface area contributed by atoms with Gasteiger partial charge in [0.25, 0.3) is 0 Å². The Morgan fingerprint density at radius 1 is 0.667 bits per heavy atom. The Bertz CT molecular complexity index is 1760. The summed E-state index contributed by atoms with van der Waals surface area (Å²) in [6.45, 7) is 2.06. The lowest BCUT2D eigenvalue weighted by molar-refractivity contribution is 1.19. The highest BCUT2D eigenvalue weighted by Gasteiger charge is 2.19. The van der Waals surface area contributed by atoms with Gasteiger partial charge in [-0.15, -0.1) is 0 Å². The van der Waals surface area contributed by atoms with E-state index in [0.29, 0.717) is 0 Å². The van der Waals surface area contributed by atoms with Gasteiger partial charge in [-0.25, -0.2) is 9.97 Å². The van der Waals surface area contributed by atoms with E-state index in [2.05, 4.69) is 96.4 Å². The van der Waals surface area contributed by atoms with Crippen LogP contribution in [0.2, 0.25) is 0 Å². The largest absolute Gasteiger partial charge is 0.315 e. The quantitative estimate of drug-likeness (QED) is 0.293. The van der Waals surface area contributed by atoms with Crippen LogP contribution in [0, 0.1) is 6.92 Å². The Labute approximate surface area is 172 Å². The highest BCUT2D eigenvalue weighted by molar-refractivity contribution is 6.17. The lowest BCUT2D eigenvalue weighted by Gasteiger charge is -2.08. The predicted molar refractivity (Wildman–Crippen MR) is 124 cm³/mol. The first-order valence-electron chi connectivity index (χ1n) is 10.2. The van der Waals surface area contributed by atoms with Crippen LogP contribution in [0.15, 0.2) is 85.1 Å². The maximum Gasteiger partial charge on any atom is 0.0943 e. The zero-order valence-electron chi connectivity index (χ0n) is 16.4. The molecular formula is C27H17N3. The summed E-state index contributed by atoms with van der Waals surface area (Å²) >= 11 is 0. The zero-order chi connectivity index (χ0) is 19.8. The molecule has 0 saturated carbocycles. The Morgan fingerprint density at radius 2 is 1.33 bits per heavy atom. The summed E-state index contributed by atoms with van der Waals surface area (Å²) in [4.78, 5) is 10.0. The van der Waals surface area contributed by atoms with Crippen molar-refractivity contribution in [3.8, 4) is 11.3 Å². The SMILES string of the molecule is Cc1nc2cc3ccccc3cc2nc1-c1cn2c3ccccc3c3cccc1c32. The molecule has 0 fully saturated rings. The summed E-state index contributed by atoms with van der Waals surface area (Å²) in [6, 6.07) is 27.8. The average Bonchev–Trinajstić information content (AvgIpc) is 3.32. The van der Waals surface area contributed by atoms with Gasteiger partial charge in [-0.3, -0.25) is 0 Å². The lowest BCUT2D eigenvalue weighted by atomic mass is 10.0. The van der Waals surface area contributed by atoms with E-state index >= 15 is 0 Å². The number of rotatable bonds is 1. The van der Waals surface area contributed by atoms with Gasteiger partial charge in [-0.05, 0) is 35.9 Å². The Hall–Kier alpha value is -3.98. The first-order valence-corrected chi connectivity index (χ1v) is 10.2. The van der Waals surface area contributed by atoms with Crippen molar-refractivity contribution in [1.82, 2.24) is 14.4 Å². The second kappa shape index (κ2) is 5.55. The molecule has 0 radical (unpaired) electrons. The molecule has 0 unspecified atom stereocenters. The molecule has 0 spiro atoms. The van der Waals surface area contributed by atoms with Crippen LogP contribution >= 0.6 is 0 Å². The van der Waals surface area contributed by atoms with Gasteiger partial charge in [0.2, 0.25) is 0 Å². The number of hydrogen-bond donors (Lipinski definition) is 0. The lowest BCUT2D eigenvalue weighted by Crippen LogP contribution is -1.94. The molecule has 30 heavy (non-hydrogen) atoms. The summed E-state index contributed by atoms with van der Waals surface area (Å²) < 4.78 is 2.31. The van der Waals surface area contributed by atoms with E-state index in [-0.39, 0.29) is 0 Å². The minimum atomic E-state index is 0.934. The topological polar surface area (TPSA) is 30.2 Å². The molecule has 0 bridgehead atoms. The van der Waals surface area contributed by atoms with Gasteiger partial charge in [0, 0.05) is 27.9 Å². The Kier molecular flexibility index (Phi) is 2.94. The van der Waals surface area contributed by atoms with Crippen LogP contribution in [0.5, 0.6) is 0 Å². The maximum absolute atomic E-state index is 5.09. The number of benzene rings is 4. The highest BCUT2D eigenvalue weighted by Crippen LogP contribution is 2.39. The van der Waals surface area contributed by atoms with Crippen molar-refractivity contribution in [3.05, 3.63) is 90.8 Å². The van der Waals surface area contributed by atoms with Crippen LogP contribution in [-0.2, 0) is 0 Å². The molecule has 3 heteroatoms. The van der Waals surface area contributed by atoms with Gasteiger partial charge in [0.1, 0.15) is 0 Å². The van der Waals surface area contributed by atoms with Crippen molar-refractivity contribution < 1.29 is 0 Å². The van der Waals surface area contributed by atoms with Crippen molar-refractivity contribution in [2.75, 3.05) is 0 Å². The third kappa shape index (κ3) is 1.99. The molecule has 0 amide bonds. The standard InChI is InChI=1S/C27H17N3/c1-16-26(29-24-14-18-8-3-2-7-17(18)13-23(24)28-16)22-15-30-25-12-5-4-9-19(25)20-10-6-11-21(22)27(20)30/h2-15H,1H3. The molecule has 7 rings (SSSR count). The van der Waals surface area contributed by atoms with Gasteiger partial charge >= 0.3 is 0 Å². The molecule has 0 aliphatic heterocycles. The van der Waals surface area contributed by atoms with Crippen LogP contribution < -0.4 is 0 Å². The fourth-order valence-electron chi connectivity index (χ4n) is 4.88. The third-order valence-electron chi connectivity index (χ3n) is 6.24. The Morgan fingerprint density at radius 3 is 2.17 bits per heavy atom. The van der Waals surface area contributed by atoms with E-state index < -0.39 is 0 Å². The Balaban J connectivity index is 1.58. The summed E-state index contributed by atoms with van der Waals surface area (Å²) in [5.74, 6) is 0. The van der Waals surface area contributed by atoms with Gasteiger partial charge in [-0.1, -0.05) is 60.7 Å². The van der Waals surface area contributed by atoms with Crippen LogP contribution in [0.1, 0.15) is 5.69 Å². The molecule has 3 aromatic heterocycles. The molecule has 3 heterocycles. The van der Waals surface area contributed by atoms with Crippen molar-refractivity contribution in [1.29, 1.82) is 0 Å². The first-order chi connectivity index (χ1) is 14.8.